The Bertz CT molecular complexity index is 1230. The number of benzene rings is 1. The van der Waals surface area contributed by atoms with Crippen LogP contribution in [0.4, 0.5) is 11.6 Å². The minimum absolute atomic E-state index is 0.286. The summed E-state index contributed by atoms with van der Waals surface area (Å²) in [5, 5.41) is 4.20. The van der Waals surface area contributed by atoms with Gasteiger partial charge in [0.2, 0.25) is 11.9 Å². The smallest absolute Gasteiger partial charge is 0.248 e. The van der Waals surface area contributed by atoms with Crippen LogP contribution >= 0.6 is 0 Å². The number of ether oxygens (including phenoxy) is 1. The summed E-state index contributed by atoms with van der Waals surface area (Å²) < 4.78 is 7.43. The van der Waals surface area contributed by atoms with Crippen LogP contribution in [0, 0.1) is 0 Å². The first kappa shape index (κ1) is 19.4. The summed E-state index contributed by atoms with van der Waals surface area (Å²) in [5.74, 6) is 0.370. The Kier molecular flexibility index (Phi) is 5.05. The minimum Gasteiger partial charge on any atom is -0.497 e. The summed E-state index contributed by atoms with van der Waals surface area (Å²) in [7, 11) is 1.53. The van der Waals surface area contributed by atoms with Crippen LogP contribution in [0.25, 0.3) is 22.2 Å². The average molecular weight is 402 g/mol. The number of hydrogen-bond donors (Lipinski definition) is 2. The third kappa shape index (κ3) is 3.67. The van der Waals surface area contributed by atoms with Gasteiger partial charge in [-0.3, -0.25) is 9.78 Å². The number of anilines is 2. The number of nitrogens with zero attached hydrogens (tertiary/aromatic N) is 4. The van der Waals surface area contributed by atoms with Gasteiger partial charge in [0.1, 0.15) is 5.75 Å². The van der Waals surface area contributed by atoms with Gasteiger partial charge in [0.05, 0.1) is 24.5 Å². The Morgan fingerprint density at radius 2 is 2.03 bits per heavy atom. The maximum Gasteiger partial charge on any atom is 0.248 e. The second-order valence-electron chi connectivity index (χ2n) is 7.14. The highest BCUT2D eigenvalue weighted by atomic mass is 16.5. The number of amides is 1. The van der Waals surface area contributed by atoms with Crippen LogP contribution in [-0.4, -0.2) is 32.5 Å². The van der Waals surface area contributed by atoms with Crippen molar-refractivity contribution in [1.29, 1.82) is 0 Å². The Balaban J connectivity index is 1.74. The first-order valence-corrected chi connectivity index (χ1v) is 9.50. The van der Waals surface area contributed by atoms with Crippen LogP contribution in [0.1, 0.15) is 30.2 Å². The quantitative estimate of drug-likeness (QED) is 0.506. The lowest BCUT2D eigenvalue weighted by atomic mass is 10.1. The monoisotopic (exact) mass is 402 g/mol. The fourth-order valence-electron chi connectivity index (χ4n) is 3.36. The molecule has 0 aliphatic carbocycles. The van der Waals surface area contributed by atoms with Crippen molar-refractivity contribution >= 4 is 28.4 Å². The number of pyridine rings is 1. The molecule has 4 aromatic rings. The Labute approximate surface area is 173 Å². The molecule has 0 aliphatic heterocycles. The zero-order chi connectivity index (χ0) is 21.3. The predicted octanol–water partition coefficient (Wildman–Crippen LogP) is 3.93. The zero-order valence-corrected chi connectivity index (χ0v) is 17.0. The lowest BCUT2D eigenvalue weighted by molar-refractivity contribution is 0.1000. The number of carbonyl (C=O) groups excluding carboxylic acids is 1. The van der Waals surface area contributed by atoms with Crippen molar-refractivity contribution in [1.82, 2.24) is 19.5 Å². The van der Waals surface area contributed by atoms with E-state index in [9.17, 15) is 4.79 Å². The number of aromatic nitrogens is 4. The van der Waals surface area contributed by atoms with E-state index in [-0.39, 0.29) is 6.04 Å². The molecule has 8 nitrogen and oxygen atoms in total. The molecule has 0 radical (unpaired) electrons. The number of carbonyl (C=O) groups is 1. The molecule has 8 heteroatoms. The number of nitrogens with one attached hydrogen (secondary N) is 1. The third-order valence-corrected chi connectivity index (χ3v) is 4.81. The number of hydrogen-bond acceptors (Lipinski definition) is 6. The van der Waals surface area contributed by atoms with Gasteiger partial charge in [-0.15, -0.1) is 0 Å². The van der Waals surface area contributed by atoms with E-state index in [1.54, 1.807) is 30.6 Å². The topological polar surface area (TPSA) is 108 Å². The van der Waals surface area contributed by atoms with E-state index in [4.69, 9.17) is 10.5 Å². The van der Waals surface area contributed by atoms with Gasteiger partial charge in [0.25, 0.3) is 0 Å². The fourth-order valence-corrected chi connectivity index (χ4v) is 3.36. The Morgan fingerprint density at radius 3 is 2.77 bits per heavy atom. The van der Waals surface area contributed by atoms with Gasteiger partial charge in [-0.1, -0.05) is 0 Å². The molecule has 3 N–H and O–H groups in total. The van der Waals surface area contributed by atoms with Crippen molar-refractivity contribution in [2.45, 2.75) is 19.9 Å². The first-order chi connectivity index (χ1) is 14.5. The maximum atomic E-state index is 11.6. The lowest BCUT2D eigenvalue weighted by Gasteiger charge is -2.10. The highest BCUT2D eigenvalue weighted by Crippen LogP contribution is 2.31. The molecule has 4 rings (SSSR count). The molecule has 3 aromatic heterocycles. The highest BCUT2D eigenvalue weighted by molar-refractivity contribution is 5.95. The number of rotatable bonds is 6. The molecule has 0 atom stereocenters. The van der Waals surface area contributed by atoms with E-state index in [0.29, 0.717) is 22.9 Å². The fraction of sp³-hybridized carbons (Fsp3) is 0.182. The molecule has 1 amide bonds. The summed E-state index contributed by atoms with van der Waals surface area (Å²) >= 11 is 0. The summed E-state index contributed by atoms with van der Waals surface area (Å²) in [6, 6.07) is 9.11. The second-order valence-corrected chi connectivity index (χ2v) is 7.14. The first-order valence-electron chi connectivity index (χ1n) is 9.50. The van der Waals surface area contributed by atoms with Crippen LogP contribution in [-0.2, 0) is 0 Å². The van der Waals surface area contributed by atoms with E-state index >= 15 is 0 Å². The van der Waals surface area contributed by atoms with E-state index in [0.717, 1.165) is 22.2 Å². The zero-order valence-electron chi connectivity index (χ0n) is 17.0. The van der Waals surface area contributed by atoms with Gasteiger partial charge in [0, 0.05) is 52.9 Å². The number of fused-ring (bicyclic) bond motifs is 1. The molecule has 0 bridgehead atoms. The Morgan fingerprint density at radius 1 is 1.20 bits per heavy atom. The van der Waals surface area contributed by atoms with Crippen LogP contribution in [0.15, 0.2) is 55.1 Å². The van der Waals surface area contributed by atoms with Gasteiger partial charge < -0.3 is 20.4 Å². The number of methoxy groups -OCH3 is 1. The normalized spacial score (nSPS) is 11.1. The van der Waals surface area contributed by atoms with Gasteiger partial charge in [-0.05, 0) is 38.1 Å². The second kappa shape index (κ2) is 7.82. The van der Waals surface area contributed by atoms with E-state index in [1.807, 2.05) is 18.3 Å². The molecule has 1 aromatic carbocycles. The summed E-state index contributed by atoms with van der Waals surface area (Å²) in [5.41, 5.74) is 9.18. The van der Waals surface area contributed by atoms with Crippen molar-refractivity contribution in [3.8, 4) is 17.0 Å². The van der Waals surface area contributed by atoms with E-state index in [1.165, 1.54) is 7.11 Å². The summed E-state index contributed by atoms with van der Waals surface area (Å²) in [6.07, 6.45) is 7.42. The lowest BCUT2D eigenvalue weighted by Crippen LogP contribution is -2.11. The molecule has 30 heavy (non-hydrogen) atoms. The summed E-state index contributed by atoms with van der Waals surface area (Å²) in [6.45, 7) is 4.25. The maximum absolute atomic E-state index is 11.6. The van der Waals surface area contributed by atoms with Crippen molar-refractivity contribution in [2.24, 2.45) is 5.73 Å². The van der Waals surface area contributed by atoms with Crippen LogP contribution in [0.3, 0.4) is 0 Å². The number of nitrogens with two attached hydrogens (primary N) is 1. The molecule has 3 heterocycles. The molecule has 0 saturated carbocycles. The largest absolute Gasteiger partial charge is 0.497 e. The van der Waals surface area contributed by atoms with Gasteiger partial charge in [0.15, 0.2) is 0 Å². The molecule has 0 unspecified atom stereocenters. The van der Waals surface area contributed by atoms with Crippen LogP contribution < -0.4 is 15.8 Å². The van der Waals surface area contributed by atoms with E-state index in [2.05, 4.69) is 44.9 Å². The predicted molar refractivity (Wildman–Crippen MR) is 116 cm³/mol. The van der Waals surface area contributed by atoms with Crippen molar-refractivity contribution in [2.75, 3.05) is 12.4 Å². The SMILES string of the molecule is COc1cc(Nc2nccc(-c3cn(C(C)C)c4cnccc34)n2)cc(C(N)=O)c1. The molecule has 0 fully saturated rings. The minimum atomic E-state index is -0.540. The highest BCUT2D eigenvalue weighted by Gasteiger charge is 2.14. The molecule has 0 aliphatic rings. The molecule has 152 valence electrons. The van der Waals surface area contributed by atoms with Gasteiger partial charge in [-0.2, -0.15) is 0 Å². The number of primary amides is 1. The standard InChI is InChI=1S/C22H22N6O2/c1-13(2)28-12-18(17-4-6-24-11-20(17)28)19-5-7-25-22(27-19)26-15-8-14(21(23)29)9-16(10-15)30-3/h4-13H,1-3H3,(H2,23,29)(H,25,26,27). The van der Waals surface area contributed by atoms with Crippen molar-refractivity contribution in [3.05, 3.63) is 60.7 Å². The molecule has 0 spiro atoms. The van der Waals surface area contributed by atoms with Crippen LogP contribution in [0.5, 0.6) is 5.75 Å². The summed E-state index contributed by atoms with van der Waals surface area (Å²) in [4.78, 5) is 24.8. The molecular weight excluding hydrogens is 380 g/mol. The van der Waals surface area contributed by atoms with Gasteiger partial charge >= 0.3 is 0 Å². The van der Waals surface area contributed by atoms with Gasteiger partial charge in [-0.25, -0.2) is 9.97 Å². The Hall–Kier alpha value is -3.94. The molecular formula is C22H22N6O2. The van der Waals surface area contributed by atoms with Crippen LogP contribution in [0.2, 0.25) is 0 Å². The van der Waals surface area contributed by atoms with Crippen molar-refractivity contribution < 1.29 is 9.53 Å². The third-order valence-electron chi connectivity index (χ3n) is 4.81. The van der Waals surface area contributed by atoms with Crippen molar-refractivity contribution in [3.63, 3.8) is 0 Å². The molecule has 0 saturated heterocycles. The van der Waals surface area contributed by atoms with E-state index < -0.39 is 5.91 Å². The average Bonchev–Trinajstić information content (AvgIpc) is 3.14.